The molecule has 0 aromatic carbocycles. The first-order valence-electron chi connectivity index (χ1n) is 5.89. The van der Waals surface area contributed by atoms with Gasteiger partial charge in [0.2, 0.25) is 0 Å². The Balaban J connectivity index is 2.38. The summed E-state index contributed by atoms with van der Waals surface area (Å²) in [5.74, 6) is -0.796. The van der Waals surface area contributed by atoms with Gasteiger partial charge in [0.1, 0.15) is 0 Å². The van der Waals surface area contributed by atoms with Crippen LogP contribution in [0.4, 0.5) is 0 Å². The molecule has 1 aromatic rings. The summed E-state index contributed by atoms with van der Waals surface area (Å²) in [4.78, 5) is 15.7. The van der Waals surface area contributed by atoms with Crippen LogP contribution >= 0.6 is 0 Å². The van der Waals surface area contributed by atoms with E-state index in [2.05, 4.69) is 4.98 Å². The zero-order valence-corrected chi connectivity index (χ0v) is 9.89. The second-order valence-electron chi connectivity index (χ2n) is 4.80. The minimum Gasteiger partial charge on any atom is -0.481 e. The van der Waals surface area contributed by atoms with Crippen LogP contribution in [-0.4, -0.2) is 27.3 Å². The van der Waals surface area contributed by atoms with Crippen LogP contribution in [-0.2, 0) is 10.2 Å². The second kappa shape index (κ2) is 4.45. The molecule has 0 radical (unpaired) electrons. The molecule has 4 nitrogen and oxygen atoms in total. The Bertz CT molecular complexity index is 422. The van der Waals surface area contributed by atoms with E-state index in [0.717, 1.165) is 11.3 Å². The number of carboxylic acids is 1. The van der Waals surface area contributed by atoms with Crippen molar-refractivity contribution in [1.29, 1.82) is 0 Å². The van der Waals surface area contributed by atoms with Gasteiger partial charge in [-0.05, 0) is 50.3 Å². The fraction of sp³-hybridized carbons (Fsp3) is 0.538. The maximum absolute atomic E-state index is 11.6. The molecule has 92 valence electrons. The Kier molecular flexibility index (Phi) is 3.15. The van der Waals surface area contributed by atoms with Crippen molar-refractivity contribution < 1.29 is 15.0 Å². The number of aliphatic hydroxyl groups excluding tert-OH is 1. The van der Waals surface area contributed by atoms with Gasteiger partial charge in [-0.25, -0.2) is 0 Å². The van der Waals surface area contributed by atoms with Gasteiger partial charge in [-0.3, -0.25) is 9.78 Å². The van der Waals surface area contributed by atoms with Crippen molar-refractivity contribution in [2.75, 3.05) is 0 Å². The van der Waals surface area contributed by atoms with Crippen molar-refractivity contribution >= 4 is 5.97 Å². The van der Waals surface area contributed by atoms with E-state index < -0.39 is 11.4 Å². The molecule has 17 heavy (non-hydrogen) atoms. The number of pyridine rings is 1. The Hall–Kier alpha value is -1.42. The maximum Gasteiger partial charge on any atom is 0.314 e. The summed E-state index contributed by atoms with van der Waals surface area (Å²) >= 11 is 0. The van der Waals surface area contributed by atoms with Crippen LogP contribution < -0.4 is 0 Å². The zero-order chi connectivity index (χ0) is 12.5. The fourth-order valence-electron chi connectivity index (χ4n) is 2.56. The van der Waals surface area contributed by atoms with E-state index in [1.165, 1.54) is 0 Å². The van der Waals surface area contributed by atoms with Crippen LogP contribution in [0.15, 0.2) is 18.3 Å². The molecule has 1 aliphatic carbocycles. The minimum absolute atomic E-state index is 0.356. The largest absolute Gasteiger partial charge is 0.481 e. The van der Waals surface area contributed by atoms with Crippen LogP contribution in [0.2, 0.25) is 0 Å². The number of aliphatic hydroxyl groups is 1. The Morgan fingerprint density at radius 1 is 1.47 bits per heavy atom. The molecule has 1 aliphatic rings. The van der Waals surface area contributed by atoms with E-state index in [4.69, 9.17) is 0 Å². The molecule has 1 heterocycles. The molecule has 0 aliphatic heterocycles. The van der Waals surface area contributed by atoms with Crippen molar-refractivity contribution in [3.05, 3.63) is 29.6 Å². The van der Waals surface area contributed by atoms with Gasteiger partial charge in [-0.2, -0.15) is 0 Å². The lowest BCUT2D eigenvalue weighted by Gasteiger charge is -2.35. The van der Waals surface area contributed by atoms with Crippen molar-refractivity contribution in [2.45, 2.75) is 44.1 Å². The van der Waals surface area contributed by atoms with Gasteiger partial charge in [0, 0.05) is 11.9 Å². The Morgan fingerprint density at radius 3 is 2.65 bits per heavy atom. The van der Waals surface area contributed by atoms with Gasteiger partial charge in [-0.15, -0.1) is 0 Å². The highest BCUT2D eigenvalue weighted by Crippen LogP contribution is 2.39. The second-order valence-corrected chi connectivity index (χ2v) is 4.80. The van der Waals surface area contributed by atoms with Crippen molar-refractivity contribution in [3.8, 4) is 0 Å². The standard InChI is InChI=1S/C13H17NO3/c1-9-8-10(4-7-14-9)13(12(16)17)5-2-11(15)3-6-13/h4,7-8,11,15H,2-3,5-6H2,1H3,(H,16,17). The van der Waals surface area contributed by atoms with Crippen LogP contribution in [0.1, 0.15) is 36.9 Å². The highest BCUT2D eigenvalue weighted by Gasteiger charge is 2.43. The quantitative estimate of drug-likeness (QED) is 0.817. The maximum atomic E-state index is 11.6. The molecule has 2 rings (SSSR count). The first-order valence-corrected chi connectivity index (χ1v) is 5.89. The normalized spacial score (nSPS) is 28.9. The number of carbonyl (C=O) groups is 1. The van der Waals surface area contributed by atoms with Crippen molar-refractivity contribution in [3.63, 3.8) is 0 Å². The average Bonchev–Trinajstić information content (AvgIpc) is 2.30. The first kappa shape index (κ1) is 12.0. The summed E-state index contributed by atoms with van der Waals surface area (Å²) in [5.41, 5.74) is 0.797. The smallest absolute Gasteiger partial charge is 0.314 e. The minimum atomic E-state index is -0.840. The van der Waals surface area contributed by atoms with E-state index in [1.54, 1.807) is 12.3 Å². The molecule has 0 saturated heterocycles. The number of aryl methyl sites for hydroxylation is 1. The van der Waals surface area contributed by atoms with Crippen LogP contribution in [0.5, 0.6) is 0 Å². The molecule has 4 heteroatoms. The summed E-state index contributed by atoms with van der Waals surface area (Å²) in [6, 6.07) is 3.62. The average molecular weight is 235 g/mol. The zero-order valence-electron chi connectivity index (χ0n) is 9.89. The predicted molar refractivity (Wildman–Crippen MR) is 62.8 cm³/mol. The number of hydrogen-bond acceptors (Lipinski definition) is 3. The topological polar surface area (TPSA) is 70.4 Å². The molecule has 1 saturated carbocycles. The van der Waals surface area contributed by atoms with Gasteiger partial charge in [0.15, 0.2) is 0 Å². The lowest BCUT2D eigenvalue weighted by molar-refractivity contribution is -0.146. The first-order chi connectivity index (χ1) is 8.04. The lowest BCUT2D eigenvalue weighted by Crippen LogP contribution is -2.40. The van der Waals surface area contributed by atoms with E-state index in [1.807, 2.05) is 13.0 Å². The van der Waals surface area contributed by atoms with Crippen molar-refractivity contribution in [2.24, 2.45) is 0 Å². The molecule has 2 N–H and O–H groups in total. The highest BCUT2D eigenvalue weighted by molar-refractivity contribution is 5.81. The third-order valence-electron chi connectivity index (χ3n) is 3.67. The van der Waals surface area contributed by atoms with Crippen molar-refractivity contribution in [1.82, 2.24) is 4.98 Å². The molecular weight excluding hydrogens is 218 g/mol. The predicted octanol–water partition coefficient (Wildman–Crippen LogP) is 1.65. The summed E-state index contributed by atoms with van der Waals surface area (Å²) in [6.45, 7) is 1.86. The van der Waals surface area contributed by atoms with Gasteiger partial charge in [-0.1, -0.05) is 0 Å². The molecule has 1 fully saturated rings. The molecule has 1 aromatic heterocycles. The molecule has 0 atom stereocenters. The van der Waals surface area contributed by atoms with Gasteiger partial charge in [0.05, 0.1) is 11.5 Å². The van der Waals surface area contributed by atoms with Gasteiger partial charge in [0.25, 0.3) is 0 Å². The molecule has 0 bridgehead atoms. The van der Waals surface area contributed by atoms with E-state index in [9.17, 15) is 15.0 Å². The third kappa shape index (κ3) is 2.17. The summed E-state index contributed by atoms with van der Waals surface area (Å²) < 4.78 is 0. The van der Waals surface area contributed by atoms with Crippen LogP contribution in [0, 0.1) is 6.92 Å². The van der Waals surface area contributed by atoms with Crippen LogP contribution in [0.25, 0.3) is 0 Å². The molecule has 0 spiro atoms. The van der Waals surface area contributed by atoms with E-state index in [-0.39, 0.29) is 6.10 Å². The Labute approximate surface area is 100 Å². The number of nitrogens with zero attached hydrogens (tertiary/aromatic N) is 1. The number of aliphatic carboxylic acids is 1. The summed E-state index contributed by atoms with van der Waals surface area (Å²) in [7, 11) is 0. The van der Waals surface area contributed by atoms with Gasteiger partial charge < -0.3 is 10.2 Å². The van der Waals surface area contributed by atoms with Gasteiger partial charge >= 0.3 is 5.97 Å². The fourth-order valence-corrected chi connectivity index (χ4v) is 2.56. The SMILES string of the molecule is Cc1cc(C2(C(=O)O)CCC(O)CC2)ccn1. The number of hydrogen-bond donors (Lipinski definition) is 2. The Morgan fingerprint density at radius 2 is 2.12 bits per heavy atom. The summed E-state index contributed by atoms with van der Waals surface area (Å²) in [6.07, 6.45) is 3.38. The third-order valence-corrected chi connectivity index (χ3v) is 3.67. The molecule has 0 unspecified atom stereocenters. The monoisotopic (exact) mass is 235 g/mol. The number of aromatic nitrogens is 1. The molecular formula is C13H17NO3. The lowest BCUT2D eigenvalue weighted by atomic mass is 9.69. The molecule has 0 amide bonds. The van der Waals surface area contributed by atoms with Crippen LogP contribution in [0.3, 0.4) is 0 Å². The number of rotatable bonds is 2. The number of carboxylic acid groups (broad SMARTS) is 1. The highest BCUT2D eigenvalue weighted by atomic mass is 16.4. The van der Waals surface area contributed by atoms with E-state index >= 15 is 0 Å². The summed E-state index contributed by atoms with van der Waals surface area (Å²) in [5, 5.41) is 19.0. The van der Waals surface area contributed by atoms with E-state index in [0.29, 0.717) is 25.7 Å².